The summed E-state index contributed by atoms with van der Waals surface area (Å²) in [5.74, 6) is 0.878. The first-order valence-corrected chi connectivity index (χ1v) is 7.35. The van der Waals surface area contributed by atoms with Crippen molar-refractivity contribution in [3.8, 4) is 5.75 Å². The van der Waals surface area contributed by atoms with E-state index in [4.69, 9.17) is 10.5 Å². The van der Waals surface area contributed by atoms with Crippen LogP contribution in [0.2, 0.25) is 0 Å². The quantitative estimate of drug-likeness (QED) is 0.880. The molecule has 5 heteroatoms. The molecule has 1 atom stereocenters. The Bertz CT molecular complexity index is 510. The molecule has 1 aliphatic heterocycles. The summed E-state index contributed by atoms with van der Waals surface area (Å²) in [6, 6.07) is 5.20. The summed E-state index contributed by atoms with van der Waals surface area (Å²) in [5, 5.41) is 0. The minimum atomic E-state index is -3.14. The molecule has 94 valence electrons. The molecule has 2 N–H and O–H groups in total. The van der Waals surface area contributed by atoms with E-state index in [1.807, 2.05) is 6.07 Å². The molecule has 0 bridgehead atoms. The fourth-order valence-corrected chi connectivity index (χ4v) is 4.34. The van der Waals surface area contributed by atoms with Gasteiger partial charge in [-0.1, -0.05) is 6.07 Å². The molecule has 0 aromatic heterocycles. The second kappa shape index (κ2) is 4.66. The lowest BCUT2D eigenvalue weighted by Gasteiger charge is -2.12. The van der Waals surface area contributed by atoms with Crippen molar-refractivity contribution < 1.29 is 13.2 Å². The van der Waals surface area contributed by atoms with Crippen molar-refractivity contribution in [1.29, 1.82) is 0 Å². The number of benzene rings is 1. The molecule has 1 aromatic rings. The first-order chi connectivity index (χ1) is 8.10. The molecule has 0 amide bonds. The van der Waals surface area contributed by atoms with E-state index in [1.54, 1.807) is 19.2 Å². The highest BCUT2D eigenvalue weighted by Crippen LogP contribution is 2.42. The van der Waals surface area contributed by atoms with Gasteiger partial charge < -0.3 is 10.5 Å². The van der Waals surface area contributed by atoms with E-state index in [-0.39, 0.29) is 11.7 Å². The summed E-state index contributed by atoms with van der Waals surface area (Å²) >= 11 is 0. The summed E-state index contributed by atoms with van der Waals surface area (Å²) in [7, 11) is -1.57. The van der Waals surface area contributed by atoms with Crippen molar-refractivity contribution in [2.75, 3.05) is 19.4 Å². The van der Waals surface area contributed by atoms with Crippen LogP contribution in [0, 0.1) is 0 Å². The van der Waals surface area contributed by atoms with E-state index in [1.165, 1.54) is 0 Å². The van der Waals surface area contributed by atoms with Crippen molar-refractivity contribution in [2.24, 2.45) is 5.73 Å². The molecule has 2 rings (SSSR count). The van der Waals surface area contributed by atoms with Crippen molar-refractivity contribution >= 4 is 9.84 Å². The minimum Gasteiger partial charge on any atom is -0.496 e. The average Bonchev–Trinajstić information content (AvgIpc) is 2.58. The molecule has 1 aromatic carbocycles. The van der Waals surface area contributed by atoms with Gasteiger partial charge in [0.25, 0.3) is 0 Å². The molecule has 1 aliphatic rings. The normalized spacial score (nSPS) is 21.2. The number of hydrogen-bond acceptors (Lipinski definition) is 4. The van der Waals surface area contributed by atoms with Gasteiger partial charge in [0.15, 0.2) is 9.84 Å². The molecule has 0 fully saturated rings. The Morgan fingerprint density at radius 3 is 2.88 bits per heavy atom. The summed E-state index contributed by atoms with van der Waals surface area (Å²) in [4.78, 5) is 0.430. The molecule has 1 unspecified atom stereocenters. The molecule has 0 saturated carbocycles. The molecule has 0 spiro atoms. The van der Waals surface area contributed by atoms with Gasteiger partial charge in [-0.2, -0.15) is 0 Å². The second-order valence-electron chi connectivity index (χ2n) is 4.28. The van der Waals surface area contributed by atoms with Crippen molar-refractivity contribution in [1.82, 2.24) is 0 Å². The first kappa shape index (κ1) is 12.4. The number of rotatable bonds is 4. The molecule has 0 aliphatic carbocycles. The van der Waals surface area contributed by atoms with E-state index in [9.17, 15) is 8.42 Å². The van der Waals surface area contributed by atoms with Crippen LogP contribution in [-0.4, -0.2) is 27.8 Å². The Morgan fingerprint density at radius 1 is 1.47 bits per heavy atom. The topological polar surface area (TPSA) is 69.4 Å². The summed E-state index contributed by atoms with van der Waals surface area (Å²) in [6.07, 6.45) is 1.63. The van der Waals surface area contributed by atoms with Crippen LogP contribution in [-0.2, 0) is 9.84 Å². The lowest BCUT2D eigenvalue weighted by atomic mass is 9.95. The monoisotopic (exact) mass is 255 g/mol. The van der Waals surface area contributed by atoms with E-state index in [0.717, 1.165) is 18.4 Å². The van der Waals surface area contributed by atoms with E-state index in [0.29, 0.717) is 17.2 Å². The summed E-state index contributed by atoms with van der Waals surface area (Å²) in [5.41, 5.74) is 6.32. The maximum absolute atomic E-state index is 12.0. The lowest BCUT2D eigenvalue weighted by Crippen LogP contribution is -2.07. The van der Waals surface area contributed by atoms with Gasteiger partial charge in [-0.3, -0.25) is 0 Å². The van der Waals surface area contributed by atoms with Crippen LogP contribution < -0.4 is 10.5 Å². The highest BCUT2D eigenvalue weighted by atomic mass is 32.2. The van der Waals surface area contributed by atoms with Gasteiger partial charge >= 0.3 is 0 Å². The van der Waals surface area contributed by atoms with Gasteiger partial charge in [0, 0.05) is 11.5 Å². The number of methoxy groups -OCH3 is 1. The Morgan fingerprint density at radius 2 is 2.24 bits per heavy atom. The maximum Gasteiger partial charge on any atom is 0.179 e. The molecule has 0 saturated heterocycles. The molecule has 0 radical (unpaired) electrons. The number of fused-ring (bicyclic) bond motifs is 1. The number of nitrogens with two attached hydrogens (primary N) is 1. The predicted octanol–water partition coefficient (Wildman–Crippen LogP) is 1.30. The second-order valence-corrected chi connectivity index (χ2v) is 6.28. The highest BCUT2D eigenvalue weighted by molar-refractivity contribution is 7.91. The third-order valence-electron chi connectivity index (χ3n) is 3.17. The van der Waals surface area contributed by atoms with Crippen molar-refractivity contribution in [3.05, 3.63) is 23.8 Å². The van der Waals surface area contributed by atoms with Gasteiger partial charge in [-0.25, -0.2) is 8.42 Å². The molecule has 1 heterocycles. The SMILES string of the molecule is COc1cccc2c1C(CCCN)CS2(=O)=O. The smallest absolute Gasteiger partial charge is 0.179 e. The van der Waals surface area contributed by atoms with Crippen LogP contribution in [0.3, 0.4) is 0 Å². The first-order valence-electron chi connectivity index (χ1n) is 5.70. The average molecular weight is 255 g/mol. The largest absolute Gasteiger partial charge is 0.496 e. The zero-order valence-electron chi connectivity index (χ0n) is 9.85. The standard InChI is InChI=1S/C12H17NO3S/c1-16-10-5-2-6-11-12(10)9(4-3-7-13)8-17(11,14)15/h2,5-6,9H,3-4,7-8,13H2,1H3. The van der Waals surface area contributed by atoms with Crippen LogP contribution in [0.25, 0.3) is 0 Å². The maximum atomic E-state index is 12.0. The van der Waals surface area contributed by atoms with Gasteiger partial charge in [0.1, 0.15) is 5.75 Å². The molecular formula is C12H17NO3S. The fraction of sp³-hybridized carbons (Fsp3) is 0.500. The van der Waals surface area contributed by atoms with Gasteiger partial charge in [0.05, 0.1) is 17.8 Å². The highest BCUT2D eigenvalue weighted by Gasteiger charge is 2.36. The van der Waals surface area contributed by atoms with Crippen LogP contribution >= 0.6 is 0 Å². The third-order valence-corrected chi connectivity index (χ3v) is 5.03. The number of hydrogen-bond donors (Lipinski definition) is 1. The van der Waals surface area contributed by atoms with Crippen LogP contribution in [0.15, 0.2) is 23.1 Å². The van der Waals surface area contributed by atoms with Gasteiger partial charge in [-0.05, 0) is 31.5 Å². The molecular weight excluding hydrogens is 238 g/mol. The van der Waals surface area contributed by atoms with Gasteiger partial charge in [-0.15, -0.1) is 0 Å². The van der Waals surface area contributed by atoms with E-state index < -0.39 is 9.84 Å². The van der Waals surface area contributed by atoms with Crippen LogP contribution in [0.1, 0.15) is 24.3 Å². The van der Waals surface area contributed by atoms with E-state index in [2.05, 4.69) is 0 Å². The zero-order valence-corrected chi connectivity index (χ0v) is 10.7. The van der Waals surface area contributed by atoms with Gasteiger partial charge in [0.2, 0.25) is 0 Å². The predicted molar refractivity (Wildman–Crippen MR) is 66.1 cm³/mol. The van der Waals surface area contributed by atoms with E-state index >= 15 is 0 Å². The molecule has 4 nitrogen and oxygen atoms in total. The summed E-state index contributed by atoms with van der Waals surface area (Å²) in [6.45, 7) is 0.584. The Balaban J connectivity index is 2.46. The molecule has 17 heavy (non-hydrogen) atoms. The summed E-state index contributed by atoms with van der Waals surface area (Å²) < 4.78 is 29.3. The van der Waals surface area contributed by atoms with Crippen LogP contribution in [0.4, 0.5) is 0 Å². The third kappa shape index (κ3) is 2.17. The minimum absolute atomic E-state index is 0.0229. The lowest BCUT2D eigenvalue weighted by molar-refractivity contribution is 0.404. The number of ether oxygens (including phenoxy) is 1. The Labute approximate surface area is 102 Å². The number of sulfone groups is 1. The van der Waals surface area contributed by atoms with Crippen LogP contribution in [0.5, 0.6) is 5.75 Å². The van der Waals surface area contributed by atoms with Crippen molar-refractivity contribution in [3.63, 3.8) is 0 Å². The fourth-order valence-electron chi connectivity index (χ4n) is 2.41. The van der Waals surface area contributed by atoms with Crippen molar-refractivity contribution in [2.45, 2.75) is 23.7 Å². The Hall–Kier alpha value is -1.07. The Kier molecular flexibility index (Phi) is 3.40. The zero-order chi connectivity index (χ0) is 12.5.